The predicted molar refractivity (Wildman–Crippen MR) is 138 cm³/mol. The largest absolute Gasteiger partial charge is 0.478 e. The summed E-state index contributed by atoms with van der Waals surface area (Å²) in [5.74, 6) is 3.90. The second kappa shape index (κ2) is 10.5. The van der Waals surface area contributed by atoms with Crippen molar-refractivity contribution in [2.24, 2.45) is 0 Å². The van der Waals surface area contributed by atoms with Crippen LogP contribution < -0.4 is 5.32 Å². The third kappa shape index (κ3) is 5.14. The fourth-order valence-electron chi connectivity index (χ4n) is 4.60. The summed E-state index contributed by atoms with van der Waals surface area (Å²) in [6.45, 7) is 0. The van der Waals surface area contributed by atoms with Crippen molar-refractivity contribution in [2.45, 2.75) is 31.7 Å². The Hall–Kier alpha value is -4.70. The molecule has 1 amide bonds. The maximum Gasteiger partial charge on any atom is 0.338 e. The molecule has 0 saturated carbocycles. The quantitative estimate of drug-likeness (QED) is 0.250. The minimum atomic E-state index is -1.34. The summed E-state index contributed by atoms with van der Waals surface area (Å²) in [4.78, 5) is 24.1. The summed E-state index contributed by atoms with van der Waals surface area (Å²) in [5.41, 5.74) is 4.35. The normalized spacial score (nSPS) is 14.3. The lowest BCUT2D eigenvalue weighted by atomic mass is 9.90. The van der Waals surface area contributed by atoms with Gasteiger partial charge in [-0.15, -0.1) is 0 Å². The van der Waals surface area contributed by atoms with Crippen molar-refractivity contribution >= 4 is 11.9 Å². The number of amides is 1. The van der Waals surface area contributed by atoms with Crippen molar-refractivity contribution in [1.29, 1.82) is 0 Å². The van der Waals surface area contributed by atoms with Crippen LogP contribution in [0, 0.1) is 17.7 Å². The molecule has 0 spiro atoms. The van der Waals surface area contributed by atoms with Gasteiger partial charge >= 0.3 is 5.97 Å². The average molecular weight is 494 g/mol. The van der Waals surface area contributed by atoms with E-state index in [1.54, 1.807) is 12.1 Å². The molecule has 0 bridgehead atoms. The molecule has 0 saturated heterocycles. The molecule has 7 heteroatoms. The molecule has 1 atom stereocenters. The van der Waals surface area contributed by atoms with Gasteiger partial charge in [-0.25, -0.2) is 9.18 Å². The highest BCUT2D eigenvalue weighted by molar-refractivity contribution is 5.97. The number of nitrogens with one attached hydrogen (secondary N) is 2. The fraction of sp³-hybridized carbons (Fsp3) is 0.167. The number of rotatable bonds is 6. The first-order valence-electron chi connectivity index (χ1n) is 12.0. The minimum absolute atomic E-state index is 0.207. The van der Waals surface area contributed by atoms with Crippen LogP contribution in [0.2, 0.25) is 0 Å². The number of aromatic amines is 1. The number of benzene rings is 3. The average Bonchev–Trinajstić information content (AvgIpc) is 3.33. The van der Waals surface area contributed by atoms with Gasteiger partial charge < -0.3 is 10.4 Å². The number of hydrogen-bond acceptors (Lipinski definition) is 3. The van der Waals surface area contributed by atoms with E-state index in [9.17, 15) is 19.1 Å². The second-order valence-corrected chi connectivity index (χ2v) is 8.89. The number of halogens is 1. The number of aryl methyl sites for hydroxylation is 1. The third-order valence-corrected chi connectivity index (χ3v) is 6.43. The molecular formula is C30H24FN3O3. The molecule has 0 fully saturated rings. The van der Waals surface area contributed by atoms with E-state index in [0.29, 0.717) is 40.9 Å². The number of nitrogens with zero attached hydrogens (tertiary/aromatic N) is 1. The number of aromatic carboxylic acids is 1. The number of fused-ring (bicyclic) bond motifs is 1. The standard InChI is InChI=1S/C30H24FN3O3/c31-24-17-21(15-16-23(24)30(36)37)27-25(14-6-2-5-11-19-9-3-1-4-10-19)33-34-28(27)26-18-20-12-7-8-13-22(20)29(35)32-26/h1,3-4,7-10,12-13,15-17,26H,2,5,11,18H2,(H,32,35)(H,33,34)(H,36,37). The van der Waals surface area contributed by atoms with Crippen LogP contribution in [0.3, 0.4) is 0 Å². The van der Waals surface area contributed by atoms with Gasteiger partial charge in [0.25, 0.3) is 5.91 Å². The van der Waals surface area contributed by atoms with Crippen LogP contribution in [0.25, 0.3) is 11.1 Å². The van der Waals surface area contributed by atoms with Crippen LogP contribution in [0.4, 0.5) is 4.39 Å². The van der Waals surface area contributed by atoms with Gasteiger partial charge in [-0.05, 0) is 60.1 Å². The summed E-state index contributed by atoms with van der Waals surface area (Å²) in [6, 6.07) is 21.0. The fourth-order valence-corrected chi connectivity index (χ4v) is 4.60. The molecule has 1 aliphatic heterocycles. The number of hydrogen-bond donors (Lipinski definition) is 3. The van der Waals surface area contributed by atoms with E-state index in [-0.39, 0.29) is 5.91 Å². The Kier molecular flexibility index (Phi) is 6.82. The van der Waals surface area contributed by atoms with Crippen molar-refractivity contribution in [1.82, 2.24) is 15.5 Å². The molecule has 184 valence electrons. The molecule has 2 heterocycles. The molecule has 5 rings (SSSR count). The highest BCUT2D eigenvalue weighted by atomic mass is 19.1. The molecule has 3 aromatic carbocycles. The molecule has 6 nitrogen and oxygen atoms in total. The molecule has 37 heavy (non-hydrogen) atoms. The zero-order chi connectivity index (χ0) is 25.8. The van der Waals surface area contributed by atoms with E-state index in [4.69, 9.17) is 0 Å². The van der Waals surface area contributed by atoms with Gasteiger partial charge in [0.2, 0.25) is 0 Å². The van der Waals surface area contributed by atoms with E-state index >= 15 is 0 Å². The Balaban J connectivity index is 1.47. The van der Waals surface area contributed by atoms with E-state index in [1.165, 1.54) is 17.7 Å². The zero-order valence-corrected chi connectivity index (χ0v) is 19.9. The van der Waals surface area contributed by atoms with Crippen LogP contribution >= 0.6 is 0 Å². The summed E-state index contributed by atoms with van der Waals surface area (Å²) >= 11 is 0. The van der Waals surface area contributed by atoms with Gasteiger partial charge in [0.05, 0.1) is 17.3 Å². The molecule has 1 aliphatic rings. The molecule has 3 N–H and O–H groups in total. The first kappa shape index (κ1) is 24.0. The molecule has 0 aliphatic carbocycles. The van der Waals surface area contributed by atoms with Crippen molar-refractivity contribution in [3.05, 3.63) is 112 Å². The van der Waals surface area contributed by atoms with Crippen molar-refractivity contribution in [3.8, 4) is 23.0 Å². The lowest BCUT2D eigenvalue weighted by Crippen LogP contribution is -2.35. The number of aromatic nitrogens is 2. The van der Waals surface area contributed by atoms with Crippen molar-refractivity contribution < 1.29 is 19.1 Å². The lowest BCUT2D eigenvalue weighted by molar-refractivity contribution is 0.0691. The van der Waals surface area contributed by atoms with Crippen molar-refractivity contribution in [2.75, 3.05) is 0 Å². The van der Waals surface area contributed by atoms with Gasteiger partial charge in [-0.2, -0.15) is 5.10 Å². The number of unbranched alkanes of at least 4 members (excludes halogenated alkanes) is 1. The molecule has 1 aromatic heterocycles. The number of H-pyrrole nitrogens is 1. The smallest absolute Gasteiger partial charge is 0.338 e. The number of carbonyl (C=O) groups is 2. The summed E-state index contributed by atoms with van der Waals surface area (Å²) in [7, 11) is 0. The summed E-state index contributed by atoms with van der Waals surface area (Å²) in [6.07, 6.45) is 2.96. The van der Waals surface area contributed by atoms with Crippen molar-refractivity contribution in [3.63, 3.8) is 0 Å². The second-order valence-electron chi connectivity index (χ2n) is 8.89. The van der Waals surface area contributed by atoms with E-state index in [1.807, 2.05) is 36.4 Å². The van der Waals surface area contributed by atoms with Gasteiger partial charge in [0.1, 0.15) is 11.5 Å². The highest BCUT2D eigenvalue weighted by Gasteiger charge is 2.30. The SMILES string of the molecule is O=C(O)c1ccc(-c2c(C3Cc4ccccc4C(=O)N3)n[nH]c2C#CCCCc2ccccc2)cc1F. The number of carbonyl (C=O) groups excluding carboxylic acids is 1. The topological polar surface area (TPSA) is 95.1 Å². The third-order valence-electron chi connectivity index (χ3n) is 6.43. The first-order chi connectivity index (χ1) is 18.0. The van der Waals surface area contributed by atoms with Gasteiger partial charge in [0, 0.05) is 17.5 Å². The Bertz CT molecular complexity index is 1530. The first-order valence-corrected chi connectivity index (χ1v) is 12.0. The Morgan fingerprint density at radius 3 is 2.65 bits per heavy atom. The van der Waals surface area contributed by atoms with Gasteiger partial charge in [-0.3, -0.25) is 9.89 Å². The Labute approximate surface area is 213 Å². The van der Waals surface area contributed by atoms with E-state index in [2.05, 4.69) is 39.5 Å². The lowest BCUT2D eigenvalue weighted by Gasteiger charge is -2.25. The Morgan fingerprint density at radius 1 is 1.08 bits per heavy atom. The maximum absolute atomic E-state index is 14.7. The Morgan fingerprint density at radius 2 is 1.86 bits per heavy atom. The monoisotopic (exact) mass is 493 g/mol. The number of carboxylic acid groups (broad SMARTS) is 1. The number of carboxylic acids is 1. The molecule has 1 unspecified atom stereocenters. The zero-order valence-electron chi connectivity index (χ0n) is 19.9. The van der Waals surface area contributed by atoms with Crippen LogP contribution in [0.1, 0.15) is 62.1 Å². The van der Waals surface area contributed by atoms with Crippen LogP contribution in [-0.2, 0) is 12.8 Å². The summed E-state index contributed by atoms with van der Waals surface area (Å²) in [5, 5.41) is 19.7. The van der Waals surface area contributed by atoms with Gasteiger partial charge in [0.15, 0.2) is 0 Å². The van der Waals surface area contributed by atoms with Crippen LogP contribution in [0.15, 0.2) is 72.8 Å². The van der Waals surface area contributed by atoms with Crippen LogP contribution in [0.5, 0.6) is 0 Å². The molecule has 4 aromatic rings. The molecule has 0 radical (unpaired) electrons. The predicted octanol–water partition coefficient (Wildman–Crippen LogP) is 5.32. The highest BCUT2D eigenvalue weighted by Crippen LogP contribution is 2.34. The van der Waals surface area contributed by atoms with Crippen LogP contribution in [-0.4, -0.2) is 27.2 Å². The van der Waals surface area contributed by atoms with E-state index < -0.39 is 23.4 Å². The van der Waals surface area contributed by atoms with Gasteiger partial charge in [-0.1, -0.05) is 60.5 Å². The maximum atomic E-state index is 14.7. The van der Waals surface area contributed by atoms with E-state index in [0.717, 1.165) is 18.4 Å². The summed E-state index contributed by atoms with van der Waals surface area (Å²) < 4.78 is 14.7. The molecular weight excluding hydrogens is 469 g/mol. The minimum Gasteiger partial charge on any atom is -0.478 e.